The molecule has 0 fully saturated rings. The van der Waals surface area contributed by atoms with Gasteiger partial charge in [0.1, 0.15) is 23.6 Å². The lowest BCUT2D eigenvalue weighted by Gasteiger charge is -2.29. The molecule has 224 valence electrons. The van der Waals surface area contributed by atoms with E-state index in [-0.39, 0.29) is 35.8 Å². The molecule has 0 spiro atoms. The molecule has 2 heterocycles. The minimum atomic E-state index is -0.427. The number of benzene rings is 3. The fourth-order valence-electron chi connectivity index (χ4n) is 5.85. The molecule has 8 heteroatoms. The first-order chi connectivity index (χ1) is 19.9. The molecule has 0 aliphatic carbocycles. The second-order valence-corrected chi connectivity index (χ2v) is 10.9. The van der Waals surface area contributed by atoms with Crippen molar-refractivity contribution in [3.8, 4) is 5.69 Å². The summed E-state index contributed by atoms with van der Waals surface area (Å²) in [5.74, 6) is -1.11. The summed E-state index contributed by atoms with van der Waals surface area (Å²) in [7, 11) is 0. The van der Waals surface area contributed by atoms with Crippen LogP contribution in [-0.2, 0) is 22.5 Å². The number of aromatic nitrogens is 1. The van der Waals surface area contributed by atoms with E-state index in [1.165, 1.54) is 30.3 Å². The SMILES string of the molecule is CCCCCCC(=O)OC(CCCN1CCc2c(c3cc(F)ccc3n2-c2ccc(F)cc2)C1)c1ccc(F)cc1.Cl. The predicted octanol–water partition coefficient (Wildman–Crippen LogP) is 8.86. The van der Waals surface area contributed by atoms with Crippen LogP contribution >= 0.6 is 12.4 Å². The molecule has 0 saturated heterocycles. The first-order valence-electron chi connectivity index (χ1n) is 14.7. The van der Waals surface area contributed by atoms with Gasteiger partial charge in [0.25, 0.3) is 0 Å². The van der Waals surface area contributed by atoms with Crippen LogP contribution < -0.4 is 0 Å². The van der Waals surface area contributed by atoms with Crippen LogP contribution in [0.2, 0.25) is 0 Å². The van der Waals surface area contributed by atoms with E-state index in [9.17, 15) is 18.0 Å². The van der Waals surface area contributed by atoms with Gasteiger partial charge in [-0.3, -0.25) is 9.69 Å². The number of unbranched alkanes of at least 4 members (excludes halogenated alkanes) is 3. The molecule has 0 radical (unpaired) electrons. The Morgan fingerprint density at radius 1 is 0.881 bits per heavy atom. The minimum absolute atomic E-state index is 0. The Labute approximate surface area is 251 Å². The van der Waals surface area contributed by atoms with E-state index in [4.69, 9.17) is 4.74 Å². The summed E-state index contributed by atoms with van der Waals surface area (Å²) in [4.78, 5) is 14.9. The molecule has 1 aliphatic rings. The molecule has 5 rings (SSSR count). The van der Waals surface area contributed by atoms with Gasteiger partial charge in [-0.15, -0.1) is 12.4 Å². The number of esters is 1. The lowest BCUT2D eigenvalue weighted by molar-refractivity contribution is -0.150. The number of carbonyl (C=O) groups is 1. The molecule has 3 aromatic carbocycles. The Hall–Kier alpha value is -3.29. The van der Waals surface area contributed by atoms with Crippen molar-refractivity contribution in [3.63, 3.8) is 0 Å². The average Bonchev–Trinajstić information content (AvgIpc) is 3.28. The molecule has 1 atom stereocenters. The summed E-state index contributed by atoms with van der Waals surface area (Å²) < 4.78 is 49.5. The van der Waals surface area contributed by atoms with Crippen molar-refractivity contribution in [1.29, 1.82) is 0 Å². The van der Waals surface area contributed by atoms with E-state index in [1.807, 2.05) is 0 Å². The van der Waals surface area contributed by atoms with Gasteiger partial charge in [0.2, 0.25) is 0 Å². The van der Waals surface area contributed by atoms with Crippen molar-refractivity contribution in [1.82, 2.24) is 9.47 Å². The molecular weight excluding hydrogens is 561 g/mol. The first kappa shape index (κ1) is 31.6. The maximum absolute atomic E-state index is 14.3. The second-order valence-electron chi connectivity index (χ2n) is 10.9. The van der Waals surface area contributed by atoms with Crippen LogP contribution in [0.4, 0.5) is 13.2 Å². The average molecular weight is 599 g/mol. The van der Waals surface area contributed by atoms with E-state index in [2.05, 4.69) is 16.4 Å². The molecule has 4 nitrogen and oxygen atoms in total. The zero-order chi connectivity index (χ0) is 28.8. The normalized spacial score (nSPS) is 13.9. The van der Waals surface area contributed by atoms with Gasteiger partial charge in [-0.1, -0.05) is 38.3 Å². The summed E-state index contributed by atoms with van der Waals surface area (Å²) >= 11 is 0. The van der Waals surface area contributed by atoms with Crippen molar-refractivity contribution in [3.05, 3.63) is 101 Å². The lowest BCUT2D eigenvalue weighted by atomic mass is 10.0. The first-order valence-corrected chi connectivity index (χ1v) is 14.7. The van der Waals surface area contributed by atoms with E-state index in [0.29, 0.717) is 19.4 Å². The molecule has 1 aromatic heterocycles. The third kappa shape index (κ3) is 7.56. The van der Waals surface area contributed by atoms with Crippen LogP contribution in [0.1, 0.15) is 74.8 Å². The van der Waals surface area contributed by atoms with Crippen molar-refractivity contribution >= 4 is 29.3 Å². The fourth-order valence-corrected chi connectivity index (χ4v) is 5.85. The zero-order valence-electron chi connectivity index (χ0n) is 24.0. The molecule has 0 saturated carbocycles. The number of ether oxygens (including phenoxy) is 1. The minimum Gasteiger partial charge on any atom is -0.457 e. The van der Waals surface area contributed by atoms with Gasteiger partial charge in [-0.25, -0.2) is 13.2 Å². The lowest BCUT2D eigenvalue weighted by Crippen LogP contribution is -2.32. The van der Waals surface area contributed by atoms with Gasteiger partial charge in [0.05, 0.1) is 5.52 Å². The zero-order valence-corrected chi connectivity index (χ0v) is 24.8. The Bertz CT molecular complexity index is 1470. The third-order valence-corrected chi connectivity index (χ3v) is 7.96. The number of rotatable bonds is 12. The van der Waals surface area contributed by atoms with Gasteiger partial charge in [0, 0.05) is 42.7 Å². The van der Waals surface area contributed by atoms with Crippen molar-refractivity contribution < 1.29 is 22.7 Å². The Morgan fingerprint density at radius 3 is 2.29 bits per heavy atom. The molecule has 1 unspecified atom stereocenters. The van der Waals surface area contributed by atoms with Crippen LogP contribution in [0.25, 0.3) is 16.6 Å². The maximum Gasteiger partial charge on any atom is 0.306 e. The predicted molar refractivity (Wildman–Crippen MR) is 163 cm³/mol. The molecule has 4 aromatic rings. The number of carbonyl (C=O) groups excluding carboxylic acids is 1. The van der Waals surface area contributed by atoms with Gasteiger partial charge in [-0.2, -0.15) is 0 Å². The van der Waals surface area contributed by atoms with Gasteiger partial charge in [-0.05, 0) is 91.5 Å². The van der Waals surface area contributed by atoms with Crippen LogP contribution in [0, 0.1) is 17.5 Å². The molecule has 0 amide bonds. The standard InChI is InChI=1S/C34H37F3N2O2.ClH/c1-2-3-4-5-8-34(40)41-33(24-9-11-25(35)12-10-24)7-6-20-38-21-19-32-30(23-38)29-22-27(37)15-18-31(29)39(32)28-16-13-26(36)14-17-28;/h9-18,22,33H,2-8,19-21,23H2,1H3;1H. The number of fused-ring (bicyclic) bond motifs is 3. The van der Waals surface area contributed by atoms with Crippen LogP contribution in [0.3, 0.4) is 0 Å². The number of hydrogen-bond acceptors (Lipinski definition) is 3. The van der Waals surface area contributed by atoms with Crippen LogP contribution in [0.15, 0.2) is 66.7 Å². The van der Waals surface area contributed by atoms with Crippen molar-refractivity contribution in [2.45, 2.75) is 70.9 Å². The van der Waals surface area contributed by atoms with Crippen LogP contribution in [0.5, 0.6) is 0 Å². The monoisotopic (exact) mass is 598 g/mol. The number of hydrogen-bond donors (Lipinski definition) is 0. The van der Waals surface area contributed by atoms with Gasteiger partial charge >= 0.3 is 5.97 Å². The van der Waals surface area contributed by atoms with Gasteiger partial charge < -0.3 is 9.30 Å². The van der Waals surface area contributed by atoms with Crippen LogP contribution in [-0.4, -0.2) is 28.5 Å². The number of halogens is 4. The highest BCUT2D eigenvalue weighted by molar-refractivity contribution is 5.87. The molecule has 42 heavy (non-hydrogen) atoms. The van der Waals surface area contributed by atoms with E-state index >= 15 is 0 Å². The highest BCUT2D eigenvalue weighted by atomic mass is 35.5. The van der Waals surface area contributed by atoms with E-state index in [1.54, 1.807) is 36.4 Å². The molecule has 0 N–H and O–H groups in total. The summed E-state index contributed by atoms with van der Waals surface area (Å²) in [6, 6.07) is 17.4. The van der Waals surface area contributed by atoms with Crippen molar-refractivity contribution in [2.75, 3.05) is 13.1 Å². The van der Waals surface area contributed by atoms with Crippen molar-refractivity contribution in [2.24, 2.45) is 0 Å². The molecule has 1 aliphatic heterocycles. The Kier molecular flexibility index (Phi) is 11.1. The van der Waals surface area contributed by atoms with Gasteiger partial charge in [0.15, 0.2) is 0 Å². The maximum atomic E-state index is 14.3. The largest absolute Gasteiger partial charge is 0.457 e. The topological polar surface area (TPSA) is 34.5 Å². The Balaban J connectivity index is 0.00000405. The quantitative estimate of drug-likeness (QED) is 0.121. The fraction of sp³-hybridized carbons (Fsp3) is 0.382. The van der Waals surface area contributed by atoms with E-state index < -0.39 is 6.10 Å². The van der Waals surface area contributed by atoms with E-state index in [0.717, 1.165) is 85.0 Å². The third-order valence-electron chi connectivity index (χ3n) is 7.96. The highest BCUT2D eigenvalue weighted by Gasteiger charge is 2.25. The molecular formula is C34H38ClF3N2O2. The second kappa shape index (κ2) is 14.7. The summed E-state index contributed by atoms with van der Waals surface area (Å²) in [6.45, 7) is 4.41. The molecule has 0 bridgehead atoms. The summed E-state index contributed by atoms with van der Waals surface area (Å²) in [5.41, 5.74) is 4.77. The summed E-state index contributed by atoms with van der Waals surface area (Å²) in [6.07, 6.45) is 6.17. The Morgan fingerprint density at radius 2 is 1.57 bits per heavy atom. The summed E-state index contributed by atoms with van der Waals surface area (Å²) in [5, 5.41) is 0.871. The highest BCUT2D eigenvalue weighted by Crippen LogP contribution is 2.34. The number of nitrogens with zero attached hydrogens (tertiary/aromatic N) is 2. The smallest absolute Gasteiger partial charge is 0.306 e.